The zero-order chi connectivity index (χ0) is 21.8. The summed E-state index contributed by atoms with van der Waals surface area (Å²) >= 11 is -1.49. The molecule has 3 atom stereocenters. The molecule has 3 aromatic rings. The smallest absolute Gasteiger partial charge is 0.244 e. The van der Waals surface area contributed by atoms with Crippen LogP contribution in [0.3, 0.4) is 0 Å². The van der Waals surface area contributed by atoms with Crippen LogP contribution < -0.4 is 10.0 Å². The molecule has 31 heavy (non-hydrogen) atoms. The van der Waals surface area contributed by atoms with E-state index in [0.717, 1.165) is 23.2 Å². The molecule has 1 aliphatic rings. The molecule has 0 bridgehead atoms. The highest BCUT2D eigenvalue weighted by Gasteiger charge is 2.41. The number of carbonyl (C=O) groups is 1. The van der Waals surface area contributed by atoms with Crippen molar-refractivity contribution in [1.82, 2.24) is 15.2 Å². The lowest BCUT2D eigenvalue weighted by molar-refractivity contribution is -0.114. The van der Waals surface area contributed by atoms with Crippen LogP contribution in [0.2, 0.25) is 0 Å². The Balaban J connectivity index is 1.87. The predicted octanol–water partition coefficient (Wildman–Crippen LogP) is 3.83. The standard InChI is InChI=1S/C23H25N5O2S/c1-2-8-21(23-25-15-26-27-23)31(30)28-19-12-7-6-11-17(19)13-18(22(24)29)14-20(28)16-9-4-3-5-10-16/h3-7,9-13,15,20-21H,2,8,14H2,1H3,(H2,24,29)(H,25,26,27). The maximum absolute atomic E-state index is 14.2. The highest BCUT2D eigenvalue weighted by Crippen LogP contribution is 2.44. The summed E-state index contributed by atoms with van der Waals surface area (Å²) in [6.45, 7) is 2.05. The second-order valence-corrected chi connectivity index (χ2v) is 8.99. The Hall–Kier alpha value is -3.10. The molecule has 3 N–H and O–H groups in total. The normalized spacial score (nSPS) is 17.9. The summed E-state index contributed by atoms with van der Waals surface area (Å²) in [7, 11) is 0. The van der Waals surface area contributed by atoms with Crippen molar-refractivity contribution in [1.29, 1.82) is 0 Å². The Morgan fingerprint density at radius 2 is 2.00 bits per heavy atom. The van der Waals surface area contributed by atoms with E-state index in [4.69, 9.17) is 5.73 Å². The van der Waals surface area contributed by atoms with Gasteiger partial charge in [-0.2, -0.15) is 4.31 Å². The fraction of sp³-hybridized carbons (Fsp3) is 0.261. The molecule has 0 radical (unpaired) electrons. The number of para-hydroxylation sites is 1. The monoisotopic (exact) mass is 435 g/mol. The number of primary amides is 1. The van der Waals surface area contributed by atoms with E-state index in [0.29, 0.717) is 24.2 Å². The largest absolute Gasteiger partial charge is 0.592 e. The number of aromatic amines is 1. The lowest BCUT2D eigenvalue weighted by atomic mass is 9.99. The summed E-state index contributed by atoms with van der Waals surface area (Å²) in [5.74, 6) is 0.125. The third kappa shape index (κ3) is 4.35. The fourth-order valence-electron chi connectivity index (χ4n) is 3.94. The number of benzene rings is 2. The molecule has 0 spiro atoms. The minimum absolute atomic E-state index is 0.327. The molecule has 160 valence electrons. The molecular formula is C23H25N5O2S. The van der Waals surface area contributed by atoms with E-state index >= 15 is 0 Å². The molecule has 4 rings (SSSR count). The fourth-order valence-corrected chi connectivity index (χ4v) is 5.77. The van der Waals surface area contributed by atoms with Gasteiger partial charge in [-0.15, -0.1) is 10.2 Å². The summed E-state index contributed by atoms with van der Waals surface area (Å²) in [5, 5.41) is 7.70. The van der Waals surface area contributed by atoms with Crippen LogP contribution in [0.15, 0.2) is 66.5 Å². The van der Waals surface area contributed by atoms with Gasteiger partial charge in [-0.25, -0.2) is 0 Å². The number of carbonyl (C=O) groups excluding carboxylic acids is 1. The lowest BCUT2D eigenvalue weighted by Crippen LogP contribution is -2.39. The molecule has 0 saturated carbocycles. The molecule has 7 nitrogen and oxygen atoms in total. The van der Waals surface area contributed by atoms with Gasteiger partial charge in [0.15, 0.2) is 11.1 Å². The van der Waals surface area contributed by atoms with Crippen LogP contribution in [0, 0.1) is 0 Å². The van der Waals surface area contributed by atoms with Gasteiger partial charge in [0.2, 0.25) is 5.91 Å². The minimum Gasteiger partial charge on any atom is -0.592 e. The van der Waals surface area contributed by atoms with Gasteiger partial charge in [0.25, 0.3) is 0 Å². The average Bonchev–Trinajstić information content (AvgIpc) is 3.25. The van der Waals surface area contributed by atoms with Crippen LogP contribution in [0.5, 0.6) is 0 Å². The number of fused-ring (bicyclic) bond motifs is 1. The van der Waals surface area contributed by atoms with E-state index in [-0.39, 0.29) is 11.3 Å². The van der Waals surface area contributed by atoms with Crippen molar-refractivity contribution in [3.63, 3.8) is 0 Å². The molecule has 0 saturated heterocycles. The summed E-state index contributed by atoms with van der Waals surface area (Å²) in [6.07, 6.45) is 5.20. The molecule has 2 heterocycles. The number of rotatable bonds is 7. The van der Waals surface area contributed by atoms with Crippen molar-refractivity contribution in [2.45, 2.75) is 37.5 Å². The Labute approximate surface area is 184 Å². The number of H-pyrrole nitrogens is 1. The van der Waals surface area contributed by atoms with Gasteiger partial charge in [0.05, 0.1) is 17.0 Å². The van der Waals surface area contributed by atoms with E-state index in [1.165, 1.54) is 6.33 Å². The van der Waals surface area contributed by atoms with Crippen LogP contribution in [-0.4, -0.2) is 25.6 Å². The van der Waals surface area contributed by atoms with Gasteiger partial charge in [-0.3, -0.25) is 4.79 Å². The molecule has 1 amide bonds. The number of nitrogens with zero attached hydrogens (tertiary/aromatic N) is 3. The lowest BCUT2D eigenvalue weighted by Gasteiger charge is -2.36. The van der Waals surface area contributed by atoms with Crippen molar-refractivity contribution in [3.8, 4) is 0 Å². The number of nitrogens with one attached hydrogen (secondary N) is 1. The van der Waals surface area contributed by atoms with E-state index in [1.54, 1.807) is 0 Å². The molecule has 3 unspecified atom stereocenters. The first-order valence-corrected chi connectivity index (χ1v) is 11.5. The SMILES string of the molecule is CCCC(c1nnc[nH]1)[S+]([O-])N1c2ccccc2C=C(C(N)=O)CC1c1ccccc1. The molecular weight excluding hydrogens is 410 g/mol. The maximum Gasteiger partial charge on any atom is 0.244 e. The topological polar surface area (TPSA) is 111 Å². The van der Waals surface area contributed by atoms with E-state index < -0.39 is 17.3 Å². The van der Waals surface area contributed by atoms with Gasteiger partial charge >= 0.3 is 0 Å². The number of anilines is 1. The predicted molar refractivity (Wildman–Crippen MR) is 122 cm³/mol. The zero-order valence-corrected chi connectivity index (χ0v) is 18.1. The van der Waals surface area contributed by atoms with Crippen LogP contribution >= 0.6 is 0 Å². The molecule has 0 aliphatic carbocycles. The minimum atomic E-state index is -1.49. The Morgan fingerprint density at radius 1 is 1.26 bits per heavy atom. The number of amides is 1. The third-order valence-electron chi connectivity index (χ3n) is 5.43. The first-order valence-electron chi connectivity index (χ1n) is 10.3. The van der Waals surface area contributed by atoms with E-state index in [1.807, 2.05) is 65.0 Å². The van der Waals surface area contributed by atoms with Gasteiger partial charge in [0, 0.05) is 24.0 Å². The van der Waals surface area contributed by atoms with Crippen molar-refractivity contribution in [2.75, 3.05) is 4.31 Å². The Bertz CT molecular complexity index is 1050. The van der Waals surface area contributed by atoms with Crippen LogP contribution in [0.1, 0.15) is 54.4 Å². The summed E-state index contributed by atoms with van der Waals surface area (Å²) in [4.78, 5) is 15.3. The third-order valence-corrected chi connectivity index (χ3v) is 7.21. The van der Waals surface area contributed by atoms with E-state index in [9.17, 15) is 9.35 Å². The first-order chi connectivity index (χ1) is 15.1. The quantitative estimate of drug-likeness (QED) is 0.548. The summed E-state index contributed by atoms with van der Waals surface area (Å²) < 4.78 is 16.1. The average molecular weight is 436 g/mol. The van der Waals surface area contributed by atoms with E-state index in [2.05, 4.69) is 22.1 Å². The van der Waals surface area contributed by atoms with Gasteiger partial charge in [-0.05, 0) is 17.7 Å². The number of hydrogen-bond donors (Lipinski definition) is 2. The van der Waals surface area contributed by atoms with Crippen LogP contribution in [-0.2, 0) is 16.2 Å². The molecule has 2 aromatic carbocycles. The summed E-state index contributed by atoms with van der Waals surface area (Å²) in [6, 6.07) is 17.2. The second-order valence-electron chi connectivity index (χ2n) is 7.48. The molecule has 1 aliphatic heterocycles. The highest BCUT2D eigenvalue weighted by molar-refractivity contribution is 7.93. The van der Waals surface area contributed by atoms with Crippen LogP contribution in [0.25, 0.3) is 6.08 Å². The Morgan fingerprint density at radius 3 is 2.68 bits per heavy atom. The zero-order valence-electron chi connectivity index (χ0n) is 17.3. The second kappa shape index (κ2) is 9.36. The number of hydrogen-bond acceptors (Lipinski definition) is 5. The molecule has 1 aromatic heterocycles. The van der Waals surface area contributed by atoms with Crippen molar-refractivity contribution >= 4 is 29.0 Å². The van der Waals surface area contributed by atoms with Gasteiger partial charge < -0.3 is 15.3 Å². The van der Waals surface area contributed by atoms with Gasteiger partial charge in [0.1, 0.15) is 12.4 Å². The van der Waals surface area contributed by atoms with Crippen molar-refractivity contribution < 1.29 is 9.35 Å². The van der Waals surface area contributed by atoms with Crippen molar-refractivity contribution in [3.05, 3.63) is 83.4 Å². The Kier molecular flexibility index (Phi) is 6.39. The first kappa shape index (κ1) is 21.1. The molecule has 0 fully saturated rings. The molecule has 8 heteroatoms. The summed E-state index contributed by atoms with van der Waals surface area (Å²) in [5.41, 5.74) is 8.80. The number of nitrogens with two attached hydrogens (primary N) is 1. The maximum atomic E-state index is 14.2. The van der Waals surface area contributed by atoms with Gasteiger partial charge in [-0.1, -0.05) is 61.9 Å². The number of aromatic nitrogens is 3. The highest BCUT2D eigenvalue weighted by atomic mass is 32.2. The van der Waals surface area contributed by atoms with Crippen molar-refractivity contribution in [2.24, 2.45) is 5.73 Å². The van der Waals surface area contributed by atoms with Crippen LogP contribution in [0.4, 0.5) is 5.69 Å².